The molecule has 3 atom stereocenters. The second-order valence-electron chi connectivity index (χ2n) is 11.9. The van der Waals surface area contributed by atoms with Crippen molar-refractivity contribution in [3.05, 3.63) is 99.6 Å². The second-order valence-corrected chi connectivity index (χ2v) is 11.9. The van der Waals surface area contributed by atoms with E-state index in [1.165, 1.54) is 17.7 Å². The number of nitrogens with zero attached hydrogens (tertiary/aromatic N) is 1. The summed E-state index contributed by atoms with van der Waals surface area (Å²) < 4.78 is 33.5. The van der Waals surface area contributed by atoms with E-state index in [2.05, 4.69) is 10.6 Å². The predicted molar refractivity (Wildman–Crippen MR) is 172 cm³/mol. The molecule has 0 bridgehead atoms. The molecule has 3 N–H and O–H groups in total. The lowest BCUT2D eigenvalue weighted by Crippen LogP contribution is -2.49. The van der Waals surface area contributed by atoms with E-state index >= 15 is 0 Å². The molecule has 9 heteroatoms. The molecule has 0 aromatic heterocycles. The number of rotatable bonds is 14. The number of nitrogens with one attached hydrogen (secondary N) is 2. The van der Waals surface area contributed by atoms with E-state index in [0.29, 0.717) is 24.2 Å². The van der Waals surface area contributed by atoms with Crippen molar-refractivity contribution in [2.75, 3.05) is 26.7 Å². The molecule has 7 nitrogen and oxygen atoms in total. The van der Waals surface area contributed by atoms with E-state index in [1.54, 1.807) is 30.2 Å². The van der Waals surface area contributed by atoms with Gasteiger partial charge in [-0.1, -0.05) is 19.9 Å². The van der Waals surface area contributed by atoms with Gasteiger partial charge in [0.05, 0.1) is 19.3 Å². The molecule has 45 heavy (non-hydrogen) atoms. The molecular formula is C36H45F2N3O4. The number of hydrogen-bond donors (Lipinski definition) is 3. The molecule has 0 spiro atoms. The summed E-state index contributed by atoms with van der Waals surface area (Å²) in [5.41, 5.74) is 4.07. The Morgan fingerprint density at radius 2 is 1.69 bits per heavy atom. The van der Waals surface area contributed by atoms with Crippen molar-refractivity contribution >= 4 is 11.8 Å². The standard InChI is InChI=1S/C36H45F2N3O4/c1-5-12-41(13-6-2)36(44)27-15-23(3)14-26(19-27)35(43)40-33(18-24-16-28(37)21-29(38)17-24)34(42)22-39-32-9-7-8-25-20-30(45-4)10-11-31(25)32/h10-11,14-17,19-21,32-34,39,42H,5-9,12-13,18,22H2,1-4H3,(H,40,43)/t32-,33+,34-/m1/s1. The van der Waals surface area contributed by atoms with Gasteiger partial charge in [0.25, 0.3) is 11.8 Å². The van der Waals surface area contributed by atoms with Gasteiger partial charge in [-0.2, -0.15) is 0 Å². The SMILES string of the molecule is CCCN(CCC)C(=O)c1cc(C)cc(C(=O)N[C@@H](Cc2cc(F)cc(F)c2)[C@H](O)CN[C@@H]2CCCc3cc(OC)ccc32)c1. The van der Waals surface area contributed by atoms with Gasteiger partial charge < -0.3 is 25.4 Å². The quantitative estimate of drug-likeness (QED) is 0.208. The molecule has 2 amide bonds. The van der Waals surface area contributed by atoms with Crippen LogP contribution in [0.2, 0.25) is 0 Å². The number of aliphatic hydroxyl groups is 1. The summed E-state index contributed by atoms with van der Waals surface area (Å²) in [6.07, 6.45) is 3.34. The van der Waals surface area contributed by atoms with Gasteiger partial charge in [-0.25, -0.2) is 8.78 Å². The maximum Gasteiger partial charge on any atom is 0.253 e. The van der Waals surface area contributed by atoms with Gasteiger partial charge in [-0.05, 0) is 110 Å². The van der Waals surface area contributed by atoms with Crippen LogP contribution >= 0.6 is 0 Å². The monoisotopic (exact) mass is 621 g/mol. The van der Waals surface area contributed by atoms with Crippen molar-refractivity contribution in [3.63, 3.8) is 0 Å². The molecule has 1 aliphatic carbocycles. The molecule has 3 aromatic rings. The first kappa shape index (κ1) is 34.1. The lowest BCUT2D eigenvalue weighted by Gasteiger charge is -2.30. The molecule has 242 valence electrons. The van der Waals surface area contributed by atoms with Gasteiger partial charge in [0, 0.05) is 42.9 Å². The number of methoxy groups -OCH3 is 1. The van der Waals surface area contributed by atoms with E-state index in [9.17, 15) is 23.5 Å². The van der Waals surface area contributed by atoms with Crippen LogP contribution in [-0.4, -0.2) is 60.7 Å². The molecule has 0 saturated carbocycles. The van der Waals surface area contributed by atoms with Gasteiger partial charge in [0.2, 0.25) is 0 Å². The Balaban J connectivity index is 1.55. The van der Waals surface area contributed by atoms with Crippen LogP contribution in [0.15, 0.2) is 54.6 Å². The highest BCUT2D eigenvalue weighted by Crippen LogP contribution is 2.32. The fourth-order valence-electron chi connectivity index (χ4n) is 6.13. The number of aryl methyl sites for hydroxylation is 2. The van der Waals surface area contributed by atoms with E-state index in [0.717, 1.165) is 55.0 Å². The maximum atomic E-state index is 14.1. The van der Waals surface area contributed by atoms with E-state index in [4.69, 9.17) is 4.74 Å². The van der Waals surface area contributed by atoms with E-state index in [-0.39, 0.29) is 30.5 Å². The zero-order valence-electron chi connectivity index (χ0n) is 26.7. The van der Waals surface area contributed by atoms with Gasteiger partial charge in [-0.3, -0.25) is 9.59 Å². The number of hydrogen-bond acceptors (Lipinski definition) is 5. The first-order chi connectivity index (χ1) is 21.6. The summed E-state index contributed by atoms with van der Waals surface area (Å²) in [6, 6.07) is 13.3. The Labute approximate surface area is 265 Å². The summed E-state index contributed by atoms with van der Waals surface area (Å²) in [7, 11) is 1.64. The summed E-state index contributed by atoms with van der Waals surface area (Å²) >= 11 is 0. The van der Waals surface area contributed by atoms with Gasteiger partial charge >= 0.3 is 0 Å². The lowest BCUT2D eigenvalue weighted by molar-refractivity contribution is 0.0755. The second kappa shape index (κ2) is 16.0. The topological polar surface area (TPSA) is 90.9 Å². The van der Waals surface area contributed by atoms with Crippen molar-refractivity contribution in [1.82, 2.24) is 15.5 Å². The molecule has 0 aliphatic heterocycles. The van der Waals surface area contributed by atoms with Crippen LogP contribution in [0.5, 0.6) is 5.75 Å². The number of amides is 2. The van der Waals surface area contributed by atoms with Crippen LogP contribution in [0.4, 0.5) is 8.78 Å². The van der Waals surface area contributed by atoms with Crippen molar-refractivity contribution in [3.8, 4) is 5.75 Å². The van der Waals surface area contributed by atoms with Crippen LogP contribution in [0, 0.1) is 18.6 Å². The van der Waals surface area contributed by atoms with E-state index in [1.807, 2.05) is 39.0 Å². The third-order valence-electron chi connectivity index (χ3n) is 8.26. The smallest absolute Gasteiger partial charge is 0.253 e. The number of carbonyl (C=O) groups is 2. The lowest BCUT2D eigenvalue weighted by atomic mass is 9.87. The Morgan fingerprint density at radius 1 is 1.00 bits per heavy atom. The van der Waals surface area contributed by atoms with Crippen LogP contribution in [0.3, 0.4) is 0 Å². The highest BCUT2D eigenvalue weighted by Gasteiger charge is 2.27. The minimum absolute atomic E-state index is 0.0000996. The molecule has 0 unspecified atom stereocenters. The fraction of sp³-hybridized carbons (Fsp3) is 0.444. The zero-order valence-corrected chi connectivity index (χ0v) is 26.7. The number of carbonyl (C=O) groups excluding carboxylic acids is 2. The summed E-state index contributed by atoms with van der Waals surface area (Å²) in [5.74, 6) is -1.30. The van der Waals surface area contributed by atoms with Gasteiger partial charge in [-0.15, -0.1) is 0 Å². The molecular weight excluding hydrogens is 576 g/mol. The first-order valence-electron chi connectivity index (χ1n) is 15.9. The zero-order chi connectivity index (χ0) is 32.5. The summed E-state index contributed by atoms with van der Waals surface area (Å²) in [4.78, 5) is 28.7. The molecule has 1 aliphatic rings. The minimum Gasteiger partial charge on any atom is -0.497 e. The highest BCUT2D eigenvalue weighted by atomic mass is 19.1. The predicted octanol–water partition coefficient (Wildman–Crippen LogP) is 5.91. The van der Waals surface area contributed by atoms with Crippen molar-refractivity contribution in [1.29, 1.82) is 0 Å². The fourth-order valence-corrected chi connectivity index (χ4v) is 6.13. The maximum absolute atomic E-state index is 14.1. The molecule has 0 saturated heterocycles. The molecule has 0 fully saturated rings. The third-order valence-corrected chi connectivity index (χ3v) is 8.26. The van der Waals surface area contributed by atoms with Crippen molar-refractivity contribution < 1.29 is 28.2 Å². The summed E-state index contributed by atoms with van der Waals surface area (Å²) in [6.45, 7) is 7.22. The van der Waals surface area contributed by atoms with Crippen LogP contribution in [0.1, 0.15) is 88.5 Å². The van der Waals surface area contributed by atoms with Crippen LogP contribution < -0.4 is 15.4 Å². The van der Waals surface area contributed by atoms with Crippen LogP contribution in [0.25, 0.3) is 0 Å². The normalized spacial score (nSPS) is 15.6. The average molecular weight is 622 g/mol. The van der Waals surface area contributed by atoms with Crippen LogP contribution in [-0.2, 0) is 12.8 Å². The minimum atomic E-state index is -1.08. The number of ether oxygens (including phenoxy) is 1. The van der Waals surface area contributed by atoms with Gasteiger partial charge in [0.15, 0.2) is 0 Å². The number of aliphatic hydroxyl groups excluding tert-OH is 1. The Morgan fingerprint density at radius 3 is 2.36 bits per heavy atom. The van der Waals surface area contributed by atoms with E-state index < -0.39 is 29.7 Å². The number of halogens is 2. The van der Waals surface area contributed by atoms with Crippen molar-refractivity contribution in [2.24, 2.45) is 0 Å². The molecule has 3 aromatic carbocycles. The first-order valence-corrected chi connectivity index (χ1v) is 15.9. The Bertz CT molecular complexity index is 1450. The average Bonchev–Trinajstić information content (AvgIpc) is 3.01. The largest absolute Gasteiger partial charge is 0.497 e. The number of benzene rings is 3. The molecule has 4 rings (SSSR count). The molecule has 0 heterocycles. The molecule has 0 radical (unpaired) electrons. The van der Waals surface area contributed by atoms with Crippen molar-refractivity contribution in [2.45, 2.75) is 77.5 Å². The Hall–Kier alpha value is -3.82. The highest BCUT2D eigenvalue weighted by molar-refractivity contribution is 6.00. The van der Waals surface area contributed by atoms with Gasteiger partial charge in [0.1, 0.15) is 17.4 Å². The third kappa shape index (κ3) is 9.11. The summed E-state index contributed by atoms with van der Waals surface area (Å²) in [5, 5.41) is 17.8. The Kier molecular flexibility index (Phi) is 12.1. The number of fused-ring (bicyclic) bond motifs is 1.